The second-order valence-corrected chi connectivity index (χ2v) is 7.90. The zero-order valence-electron chi connectivity index (χ0n) is 16.1. The molecule has 0 bridgehead atoms. The fraction of sp³-hybridized carbons (Fsp3) is 0.500. The van der Waals surface area contributed by atoms with Crippen LogP contribution >= 0.6 is 11.6 Å². The van der Waals surface area contributed by atoms with Gasteiger partial charge in [-0.15, -0.1) is 0 Å². The third kappa shape index (κ3) is 5.58. The van der Waals surface area contributed by atoms with E-state index in [-0.39, 0.29) is 11.3 Å². The molecule has 0 N–H and O–H groups in total. The molecule has 0 fully saturated rings. The lowest BCUT2D eigenvalue weighted by atomic mass is 9.91. The third-order valence-electron chi connectivity index (χ3n) is 4.01. The number of amides is 1. The third-order valence-corrected chi connectivity index (χ3v) is 4.34. The van der Waals surface area contributed by atoms with Crippen LogP contribution in [-0.2, 0) is 16.1 Å². The Labute approximate surface area is 160 Å². The fourth-order valence-electron chi connectivity index (χ4n) is 2.68. The van der Waals surface area contributed by atoms with Gasteiger partial charge in [0.1, 0.15) is 10.9 Å². The van der Waals surface area contributed by atoms with Gasteiger partial charge >= 0.3 is 0 Å². The first kappa shape index (κ1) is 20.5. The number of hydrogen-bond acceptors (Lipinski definition) is 4. The molecule has 0 aliphatic heterocycles. The summed E-state index contributed by atoms with van der Waals surface area (Å²) in [7, 11) is 3.26. The predicted octanol–water partition coefficient (Wildman–Crippen LogP) is 4.31. The van der Waals surface area contributed by atoms with E-state index in [2.05, 4.69) is 25.8 Å². The van der Waals surface area contributed by atoms with Gasteiger partial charge in [-0.2, -0.15) is 0 Å². The average molecular weight is 379 g/mol. The molecule has 0 unspecified atom stereocenters. The summed E-state index contributed by atoms with van der Waals surface area (Å²) in [5.41, 5.74) is 1.52. The summed E-state index contributed by atoms with van der Waals surface area (Å²) in [6, 6.07) is 7.61. The van der Waals surface area contributed by atoms with E-state index in [0.717, 1.165) is 22.2 Å². The van der Waals surface area contributed by atoms with Gasteiger partial charge in [0, 0.05) is 37.6 Å². The monoisotopic (exact) mass is 378 g/mol. The predicted molar refractivity (Wildman–Crippen MR) is 105 cm³/mol. The van der Waals surface area contributed by atoms with Gasteiger partial charge < -0.3 is 14.4 Å². The molecule has 5 nitrogen and oxygen atoms in total. The Balaban J connectivity index is 2.30. The molecule has 0 atom stereocenters. The van der Waals surface area contributed by atoms with E-state index in [1.807, 2.05) is 24.3 Å². The molecule has 1 aromatic heterocycles. The molecule has 1 aromatic carbocycles. The first-order chi connectivity index (χ1) is 12.2. The minimum absolute atomic E-state index is 0.0800. The van der Waals surface area contributed by atoms with Crippen LogP contribution in [0.4, 0.5) is 0 Å². The normalized spacial score (nSPS) is 11.6. The number of benzene rings is 1. The van der Waals surface area contributed by atoms with Crippen LogP contribution in [0.3, 0.4) is 0 Å². The van der Waals surface area contributed by atoms with Crippen molar-refractivity contribution in [2.24, 2.45) is 5.41 Å². The molecule has 0 saturated heterocycles. The van der Waals surface area contributed by atoms with Crippen LogP contribution in [0.5, 0.6) is 5.75 Å². The van der Waals surface area contributed by atoms with Gasteiger partial charge in [-0.05, 0) is 29.7 Å². The number of carbonyl (C=O) groups is 1. The number of fused-ring (bicyclic) bond motifs is 1. The highest BCUT2D eigenvalue weighted by molar-refractivity contribution is 6.30. The van der Waals surface area contributed by atoms with Crippen LogP contribution in [0, 0.1) is 5.41 Å². The highest BCUT2D eigenvalue weighted by Crippen LogP contribution is 2.26. The SMILES string of the molecule is COCCN(Cc1cc2cc(OC)ccc2nc1Cl)C(=O)CC(C)(C)C. The van der Waals surface area contributed by atoms with E-state index < -0.39 is 0 Å². The molecule has 142 valence electrons. The van der Waals surface area contributed by atoms with Gasteiger partial charge in [-0.1, -0.05) is 32.4 Å². The summed E-state index contributed by atoms with van der Waals surface area (Å²) in [6.45, 7) is 7.54. The van der Waals surface area contributed by atoms with Gasteiger partial charge in [0.05, 0.1) is 19.2 Å². The quantitative estimate of drug-likeness (QED) is 0.674. The number of ether oxygens (including phenoxy) is 2. The zero-order chi connectivity index (χ0) is 19.3. The fourth-order valence-corrected chi connectivity index (χ4v) is 2.88. The van der Waals surface area contributed by atoms with Crippen molar-refractivity contribution in [2.75, 3.05) is 27.4 Å². The molecule has 0 aliphatic rings. The van der Waals surface area contributed by atoms with Crippen LogP contribution in [0.25, 0.3) is 10.9 Å². The molecule has 2 aromatic rings. The molecule has 1 amide bonds. The van der Waals surface area contributed by atoms with E-state index in [1.165, 1.54) is 0 Å². The molecular formula is C20H27ClN2O3. The Hall–Kier alpha value is -1.85. The Kier molecular flexibility index (Phi) is 6.84. The summed E-state index contributed by atoms with van der Waals surface area (Å²) < 4.78 is 10.4. The number of hydrogen-bond donors (Lipinski definition) is 0. The van der Waals surface area contributed by atoms with E-state index in [9.17, 15) is 4.79 Å². The summed E-state index contributed by atoms with van der Waals surface area (Å²) in [4.78, 5) is 19.0. The lowest BCUT2D eigenvalue weighted by Crippen LogP contribution is -2.35. The lowest BCUT2D eigenvalue weighted by molar-refractivity contribution is -0.134. The number of rotatable bonds is 7. The van der Waals surface area contributed by atoms with E-state index in [4.69, 9.17) is 21.1 Å². The Morgan fingerprint density at radius 1 is 1.23 bits per heavy atom. The molecule has 0 saturated carbocycles. The molecule has 0 radical (unpaired) electrons. The highest BCUT2D eigenvalue weighted by atomic mass is 35.5. The second kappa shape index (κ2) is 8.69. The highest BCUT2D eigenvalue weighted by Gasteiger charge is 2.22. The Morgan fingerprint density at radius 3 is 2.58 bits per heavy atom. The standard InChI is InChI=1S/C20H27ClN2O3/c1-20(2,3)12-18(24)23(8-9-25-4)13-15-10-14-11-16(26-5)6-7-17(14)22-19(15)21/h6-7,10-11H,8-9,12-13H2,1-5H3. The summed E-state index contributed by atoms with van der Waals surface area (Å²) in [5.74, 6) is 0.837. The molecule has 26 heavy (non-hydrogen) atoms. The molecular weight excluding hydrogens is 352 g/mol. The molecule has 2 rings (SSSR count). The number of halogens is 1. The van der Waals surface area contributed by atoms with Gasteiger partial charge in [-0.25, -0.2) is 4.98 Å². The van der Waals surface area contributed by atoms with Gasteiger partial charge in [-0.3, -0.25) is 4.79 Å². The van der Waals surface area contributed by atoms with Crippen molar-refractivity contribution in [1.82, 2.24) is 9.88 Å². The van der Waals surface area contributed by atoms with Crippen molar-refractivity contribution in [3.05, 3.63) is 35.0 Å². The number of aromatic nitrogens is 1. The maximum atomic E-state index is 12.7. The van der Waals surface area contributed by atoms with E-state index >= 15 is 0 Å². The van der Waals surface area contributed by atoms with E-state index in [1.54, 1.807) is 19.1 Å². The minimum Gasteiger partial charge on any atom is -0.497 e. The van der Waals surface area contributed by atoms with Crippen molar-refractivity contribution >= 4 is 28.4 Å². The van der Waals surface area contributed by atoms with Gasteiger partial charge in [0.25, 0.3) is 0 Å². The number of carbonyl (C=O) groups excluding carboxylic acids is 1. The number of methoxy groups -OCH3 is 2. The molecule has 0 spiro atoms. The minimum atomic E-state index is -0.0821. The molecule has 6 heteroatoms. The first-order valence-electron chi connectivity index (χ1n) is 8.63. The smallest absolute Gasteiger partial charge is 0.223 e. The van der Waals surface area contributed by atoms with Crippen molar-refractivity contribution in [3.63, 3.8) is 0 Å². The first-order valence-corrected chi connectivity index (χ1v) is 9.01. The van der Waals surface area contributed by atoms with Gasteiger partial charge in [0.2, 0.25) is 5.91 Å². The van der Waals surface area contributed by atoms with Crippen molar-refractivity contribution in [1.29, 1.82) is 0 Å². The van der Waals surface area contributed by atoms with Crippen LogP contribution in [0.15, 0.2) is 24.3 Å². The summed E-state index contributed by atoms with van der Waals surface area (Å²) in [6.07, 6.45) is 0.461. The van der Waals surface area contributed by atoms with Crippen LogP contribution in [0.2, 0.25) is 5.15 Å². The number of pyridine rings is 1. The topological polar surface area (TPSA) is 51.7 Å². The van der Waals surface area contributed by atoms with Crippen LogP contribution in [0.1, 0.15) is 32.8 Å². The summed E-state index contributed by atoms with van der Waals surface area (Å²) in [5, 5.41) is 1.34. The Bertz CT molecular complexity index is 771. The van der Waals surface area contributed by atoms with E-state index in [0.29, 0.717) is 31.3 Å². The van der Waals surface area contributed by atoms with Crippen molar-refractivity contribution in [2.45, 2.75) is 33.7 Å². The molecule has 0 aliphatic carbocycles. The van der Waals surface area contributed by atoms with Crippen LogP contribution in [-0.4, -0.2) is 43.2 Å². The average Bonchev–Trinajstić information content (AvgIpc) is 2.56. The molecule has 1 heterocycles. The lowest BCUT2D eigenvalue weighted by Gasteiger charge is -2.27. The van der Waals surface area contributed by atoms with Gasteiger partial charge in [0.15, 0.2) is 0 Å². The maximum absolute atomic E-state index is 12.7. The second-order valence-electron chi connectivity index (χ2n) is 7.54. The summed E-state index contributed by atoms with van der Waals surface area (Å²) >= 11 is 6.38. The maximum Gasteiger partial charge on any atom is 0.223 e. The Morgan fingerprint density at radius 2 is 1.96 bits per heavy atom. The number of nitrogens with zero attached hydrogens (tertiary/aromatic N) is 2. The van der Waals surface area contributed by atoms with Crippen molar-refractivity contribution < 1.29 is 14.3 Å². The largest absolute Gasteiger partial charge is 0.497 e. The zero-order valence-corrected chi connectivity index (χ0v) is 16.9. The van der Waals surface area contributed by atoms with Crippen molar-refractivity contribution in [3.8, 4) is 5.75 Å². The van der Waals surface area contributed by atoms with Crippen LogP contribution < -0.4 is 4.74 Å².